The molecule has 2 saturated heterocycles. The van der Waals surface area contributed by atoms with Gasteiger partial charge in [0.05, 0.1) is 35.8 Å². The Labute approximate surface area is 181 Å². The number of aromatic nitrogens is 1. The second-order valence-electron chi connectivity index (χ2n) is 8.57. The Kier molecular flexibility index (Phi) is 4.97. The van der Waals surface area contributed by atoms with Gasteiger partial charge in [-0.05, 0) is 12.8 Å². The zero-order valence-corrected chi connectivity index (χ0v) is 17.2. The van der Waals surface area contributed by atoms with Gasteiger partial charge in [-0.15, -0.1) is 0 Å². The lowest BCUT2D eigenvalue weighted by Gasteiger charge is -2.29. The van der Waals surface area contributed by atoms with Crippen LogP contribution in [0.1, 0.15) is 29.2 Å². The van der Waals surface area contributed by atoms with Crippen LogP contribution < -0.4 is 26.5 Å². The molecule has 1 aromatic heterocycles. The number of carbonyl (C=O) groups is 1. The highest BCUT2D eigenvalue weighted by atomic mass is 19.1. The van der Waals surface area contributed by atoms with Crippen molar-refractivity contribution in [2.45, 2.75) is 31.0 Å². The fraction of sp³-hybridized carbons (Fsp3) is 0.524. The van der Waals surface area contributed by atoms with Crippen LogP contribution in [0.2, 0.25) is 0 Å². The Morgan fingerprint density at radius 2 is 2.09 bits per heavy atom. The molecule has 172 valence electrons. The molecule has 9 nitrogen and oxygen atoms in total. The number of hydrogen-bond acceptors (Lipinski definition) is 7. The highest BCUT2D eigenvalue weighted by Crippen LogP contribution is 2.48. The van der Waals surface area contributed by atoms with E-state index in [-0.39, 0.29) is 53.0 Å². The summed E-state index contributed by atoms with van der Waals surface area (Å²) in [5.41, 5.74) is 10.7. The first-order chi connectivity index (χ1) is 15.3. The summed E-state index contributed by atoms with van der Waals surface area (Å²) < 4.78 is 41.8. The van der Waals surface area contributed by atoms with E-state index in [1.54, 1.807) is 9.47 Å². The van der Waals surface area contributed by atoms with E-state index >= 15 is 4.39 Å². The van der Waals surface area contributed by atoms with E-state index < -0.39 is 35.1 Å². The number of rotatable bonds is 6. The van der Waals surface area contributed by atoms with Crippen molar-refractivity contribution in [3.8, 4) is 5.75 Å². The van der Waals surface area contributed by atoms with Crippen LogP contribution in [0.5, 0.6) is 5.75 Å². The summed E-state index contributed by atoms with van der Waals surface area (Å²) in [7, 11) is 0. The Bertz CT molecular complexity index is 1170. The van der Waals surface area contributed by atoms with Gasteiger partial charge in [0.1, 0.15) is 24.5 Å². The molecule has 0 bridgehead atoms. The summed E-state index contributed by atoms with van der Waals surface area (Å²) >= 11 is 0. The van der Waals surface area contributed by atoms with Gasteiger partial charge in [-0.25, -0.2) is 13.6 Å². The molecule has 32 heavy (non-hydrogen) atoms. The minimum Gasteiger partial charge on any atom is -0.486 e. The molecule has 1 aliphatic carbocycles. The van der Waals surface area contributed by atoms with Crippen molar-refractivity contribution in [3.05, 3.63) is 27.8 Å². The van der Waals surface area contributed by atoms with Crippen LogP contribution in [0.4, 0.5) is 20.2 Å². The maximum Gasteiger partial charge on any atom is 0.341 e. The largest absolute Gasteiger partial charge is 0.486 e. The summed E-state index contributed by atoms with van der Waals surface area (Å²) in [5.74, 6) is -2.38. The fourth-order valence-corrected chi connectivity index (χ4v) is 4.93. The minimum absolute atomic E-state index is 0.00813. The Balaban J connectivity index is 1.84. The smallest absolute Gasteiger partial charge is 0.341 e. The molecular weight excluding hydrogens is 426 g/mol. The van der Waals surface area contributed by atoms with Crippen LogP contribution in [0.15, 0.2) is 11.0 Å². The molecule has 3 unspecified atom stereocenters. The van der Waals surface area contributed by atoms with Gasteiger partial charge in [0.25, 0.3) is 0 Å². The molecule has 2 aromatic rings. The molecule has 5 rings (SSSR count). The van der Waals surface area contributed by atoms with Crippen LogP contribution in [-0.4, -0.2) is 60.8 Å². The van der Waals surface area contributed by atoms with Crippen molar-refractivity contribution < 1.29 is 28.2 Å². The molecule has 0 radical (unpaired) electrons. The number of nitrogens with zero attached hydrogens (tertiary/aromatic N) is 2. The van der Waals surface area contributed by atoms with E-state index in [2.05, 4.69) is 0 Å². The maximum atomic E-state index is 15.8. The minimum atomic E-state index is -1.43. The van der Waals surface area contributed by atoms with Crippen LogP contribution in [0, 0.1) is 11.7 Å². The van der Waals surface area contributed by atoms with Crippen LogP contribution in [-0.2, 0) is 4.74 Å². The van der Waals surface area contributed by atoms with Crippen molar-refractivity contribution in [3.63, 3.8) is 0 Å². The number of fused-ring (bicyclic) bond motifs is 2. The lowest BCUT2D eigenvalue weighted by molar-refractivity contribution is 0.0695. The molecule has 1 aromatic carbocycles. The number of ether oxygens (including phenoxy) is 2. The van der Waals surface area contributed by atoms with E-state index in [0.717, 1.165) is 12.8 Å². The lowest BCUT2D eigenvalue weighted by atomic mass is 10.0. The molecule has 1 saturated carbocycles. The first-order valence-electron chi connectivity index (χ1n) is 10.6. The van der Waals surface area contributed by atoms with Crippen LogP contribution >= 0.6 is 0 Å². The van der Waals surface area contributed by atoms with E-state index in [1.165, 1.54) is 6.20 Å². The molecule has 0 amide bonds. The van der Waals surface area contributed by atoms with Gasteiger partial charge in [-0.3, -0.25) is 4.79 Å². The van der Waals surface area contributed by atoms with Gasteiger partial charge in [0.2, 0.25) is 5.43 Å². The van der Waals surface area contributed by atoms with Gasteiger partial charge in [-0.2, -0.15) is 0 Å². The number of pyridine rings is 1. The number of aromatic carboxylic acids is 1. The second-order valence-corrected chi connectivity index (χ2v) is 8.57. The zero-order valence-electron chi connectivity index (χ0n) is 17.2. The van der Waals surface area contributed by atoms with Crippen molar-refractivity contribution >= 4 is 28.2 Å². The van der Waals surface area contributed by atoms with Gasteiger partial charge in [-0.1, -0.05) is 0 Å². The number of carboxylic acids is 1. The van der Waals surface area contributed by atoms with E-state index in [0.29, 0.717) is 19.8 Å². The molecule has 0 spiro atoms. The molecular formula is C21H24F2N4O5. The van der Waals surface area contributed by atoms with Gasteiger partial charge in [0.15, 0.2) is 11.6 Å². The Hall–Kier alpha value is -2.92. The number of nitrogens with two attached hydrogens (primary N) is 2. The van der Waals surface area contributed by atoms with E-state index in [9.17, 15) is 19.1 Å². The van der Waals surface area contributed by atoms with E-state index in [4.69, 9.17) is 20.9 Å². The van der Waals surface area contributed by atoms with Crippen molar-refractivity contribution in [2.75, 3.05) is 43.7 Å². The second kappa shape index (κ2) is 7.59. The first kappa shape index (κ1) is 21.0. The highest BCUT2D eigenvalue weighted by Gasteiger charge is 2.46. The lowest BCUT2D eigenvalue weighted by Crippen LogP contribution is -2.34. The number of hydrogen-bond donors (Lipinski definition) is 3. The summed E-state index contributed by atoms with van der Waals surface area (Å²) in [6, 6.07) is -0.582. The third kappa shape index (κ3) is 3.02. The van der Waals surface area contributed by atoms with Crippen molar-refractivity contribution in [1.29, 1.82) is 0 Å². The predicted molar refractivity (Wildman–Crippen MR) is 113 cm³/mol. The quantitative estimate of drug-likeness (QED) is 0.561. The number of carboxylic acid groups (broad SMARTS) is 1. The number of nitrogen functional groups attached to an aromatic ring is 1. The summed E-state index contributed by atoms with van der Waals surface area (Å²) in [4.78, 5) is 26.4. The predicted octanol–water partition coefficient (Wildman–Crippen LogP) is 1.27. The zero-order chi connectivity index (χ0) is 22.7. The van der Waals surface area contributed by atoms with Gasteiger partial charge >= 0.3 is 5.97 Å². The number of benzene rings is 1. The van der Waals surface area contributed by atoms with E-state index in [1.807, 2.05) is 0 Å². The molecule has 3 fully saturated rings. The normalized spacial score (nSPS) is 24.8. The third-order valence-electron chi connectivity index (χ3n) is 6.61. The van der Waals surface area contributed by atoms with Crippen molar-refractivity contribution in [2.24, 2.45) is 11.7 Å². The third-order valence-corrected chi connectivity index (χ3v) is 6.61. The number of alkyl halides is 1. The monoisotopic (exact) mass is 450 g/mol. The first-order valence-corrected chi connectivity index (χ1v) is 10.6. The molecule has 3 heterocycles. The van der Waals surface area contributed by atoms with Crippen LogP contribution in [0.3, 0.4) is 0 Å². The Morgan fingerprint density at radius 3 is 2.75 bits per heavy atom. The molecule has 11 heteroatoms. The van der Waals surface area contributed by atoms with Crippen LogP contribution in [0.25, 0.3) is 10.9 Å². The molecule has 5 N–H and O–H groups in total. The number of halogens is 2. The SMILES string of the molecule is Nc1c(F)c(N2CC(N)C3COCC32)c(OCCF)c2c1c(=O)c(C(=O)O)cn2C1CC1. The average molecular weight is 450 g/mol. The number of anilines is 2. The Morgan fingerprint density at radius 1 is 1.34 bits per heavy atom. The molecule has 3 aliphatic rings. The summed E-state index contributed by atoms with van der Waals surface area (Å²) in [6.07, 6.45) is 2.74. The maximum absolute atomic E-state index is 15.8. The summed E-state index contributed by atoms with van der Waals surface area (Å²) in [6.45, 7) is -0.0977. The molecule has 3 atom stereocenters. The van der Waals surface area contributed by atoms with Crippen molar-refractivity contribution in [1.82, 2.24) is 4.57 Å². The molecule has 2 aliphatic heterocycles. The fourth-order valence-electron chi connectivity index (χ4n) is 4.93. The topological polar surface area (TPSA) is 133 Å². The van der Waals surface area contributed by atoms with Gasteiger partial charge < -0.3 is 35.5 Å². The average Bonchev–Trinajstić information content (AvgIpc) is 3.40. The summed E-state index contributed by atoms with van der Waals surface area (Å²) in [5, 5.41) is 9.25. The van der Waals surface area contributed by atoms with Gasteiger partial charge in [0, 0.05) is 30.7 Å². The standard InChI is InChI=1S/C21H24F2N4O5/c22-3-4-32-20-17-14(19(28)10(21(29)30)5-26(17)9-1-2-9)16(25)15(23)18(20)27-6-12(24)11-7-31-8-13(11)27/h5,9,11-13H,1-4,6-8,24-25H2,(H,29,30). The highest BCUT2D eigenvalue weighted by molar-refractivity contribution is 6.03.